The van der Waals surface area contributed by atoms with Crippen molar-refractivity contribution in [3.8, 4) is 5.75 Å². The number of nitrogens with zero attached hydrogens (tertiary/aromatic N) is 1. The number of hydrogen-bond acceptors (Lipinski definition) is 2. The van der Waals surface area contributed by atoms with Gasteiger partial charge in [-0.1, -0.05) is 31.5 Å². The minimum absolute atomic E-state index is 0.0958. The lowest BCUT2D eigenvalue weighted by molar-refractivity contribution is -0.137. The van der Waals surface area contributed by atoms with Crippen molar-refractivity contribution in [2.45, 2.75) is 39.2 Å². The van der Waals surface area contributed by atoms with Gasteiger partial charge in [0.15, 0.2) is 0 Å². The number of benzene rings is 1. The number of hydrogen-bond donors (Lipinski definition) is 1. The first-order chi connectivity index (χ1) is 9.02. The topological polar surface area (TPSA) is 40.5 Å². The summed E-state index contributed by atoms with van der Waals surface area (Å²) in [5, 5.41) is 9.89. The van der Waals surface area contributed by atoms with E-state index in [-0.39, 0.29) is 23.6 Å². The van der Waals surface area contributed by atoms with Crippen LogP contribution < -0.4 is 0 Å². The number of carbonyl (C=O) groups excluding carboxylic acids is 1. The van der Waals surface area contributed by atoms with Gasteiger partial charge in [0.1, 0.15) is 5.75 Å². The molecule has 1 aromatic carbocycles. The number of carbonyl (C=O) groups is 1. The molecule has 0 saturated heterocycles. The van der Waals surface area contributed by atoms with Gasteiger partial charge < -0.3 is 10.0 Å². The molecule has 1 aromatic rings. The number of phenolic OH excluding ortho intramolecular Hbond substituents is 1. The first kappa shape index (κ1) is 13.9. The monoisotopic (exact) mass is 261 g/mol. The summed E-state index contributed by atoms with van der Waals surface area (Å²) in [6.45, 7) is 4.13. The molecule has 1 N–H and O–H groups in total. The van der Waals surface area contributed by atoms with Gasteiger partial charge in [-0.25, -0.2) is 0 Å². The van der Waals surface area contributed by atoms with Crippen molar-refractivity contribution in [2.75, 3.05) is 7.05 Å². The molecule has 0 spiro atoms. The van der Waals surface area contributed by atoms with E-state index in [9.17, 15) is 9.90 Å². The lowest BCUT2D eigenvalue weighted by Gasteiger charge is -2.29. The van der Waals surface area contributed by atoms with E-state index in [1.165, 1.54) is 0 Å². The molecule has 3 atom stereocenters. The lowest BCUT2D eigenvalue weighted by atomic mass is 9.95. The second kappa shape index (κ2) is 5.64. The Kier molecular flexibility index (Phi) is 4.13. The van der Waals surface area contributed by atoms with Crippen molar-refractivity contribution in [1.29, 1.82) is 0 Å². The van der Waals surface area contributed by atoms with Crippen LogP contribution in [0.2, 0.25) is 0 Å². The third-order valence-corrected chi connectivity index (χ3v) is 4.49. The molecule has 1 fully saturated rings. The van der Waals surface area contributed by atoms with Crippen molar-refractivity contribution in [3.63, 3.8) is 0 Å². The molecule has 1 saturated carbocycles. The molecule has 1 amide bonds. The Balaban J connectivity index is 2.13. The summed E-state index contributed by atoms with van der Waals surface area (Å²) in [5.74, 6) is 1.10. The quantitative estimate of drug-likeness (QED) is 0.906. The largest absolute Gasteiger partial charge is 0.508 e. The second-order valence-corrected chi connectivity index (χ2v) is 5.70. The maximum absolute atomic E-state index is 12.5. The Labute approximate surface area is 115 Å². The van der Waals surface area contributed by atoms with Crippen molar-refractivity contribution in [1.82, 2.24) is 4.90 Å². The van der Waals surface area contributed by atoms with Crippen LogP contribution in [0.5, 0.6) is 5.75 Å². The number of rotatable bonds is 3. The lowest BCUT2D eigenvalue weighted by Crippen LogP contribution is -2.36. The summed E-state index contributed by atoms with van der Waals surface area (Å²) in [7, 11) is 1.84. The van der Waals surface area contributed by atoms with Crippen LogP contribution in [-0.2, 0) is 4.79 Å². The summed E-state index contributed by atoms with van der Waals surface area (Å²) >= 11 is 0. The van der Waals surface area contributed by atoms with Crippen LogP contribution in [0.3, 0.4) is 0 Å². The number of para-hydroxylation sites is 1. The molecule has 3 heteroatoms. The number of amides is 1. The highest BCUT2D eigenvalue weighted by Gasteiger charge is 2.33. The van der Waals surface area contributed by atoms with E-state index in [0.29, 0.717) is 5.92 Å². The Morgan fingerprint density at radius 3 is 2.63 bits per heavy atom. The first-order valence-corrected chi connectivity index (χ1v) is 7.07. The minimum atomic E-state index is -0.0958. The van der Waals surface area contributed by atoms with Crippen molar-refractivity contribution in [2.24, 2.45) is 11.8 Å². The Morgan fingerprint density at radius 1 is 1.37 bits per heavy atom. The maximum atomic E-state index is 12.5. The fraction of sp³-hybridized carbons (Fsp3) is 0.562. The SMILES string of the molecule is CC1CCCC1C(=O)N(C)C(C)c1ccccc1O. The molecule has 2 rings (SSSR count). The number of phenols is 1. The molecule has 0 radical (unpaired) electrons. The van der Waals surface area contributed by atoms with Crippen molar-refractivity contribution in [3.05, 3.63) is 29.8 Å². The van der Waals surface area contributed by atoms with E-state index in [4.69, 9.17) is 0 Å². The Hall–Kier alpha value is -1.51. The van der Waals surface area contributed by atoms with Crippen molar-refractivity contribution < 1.29 is 9.90 Å². The highest BCUT2D eigenvalue weighted by atomic mass is 16.3. The highest BCUT2D eigenvalue weighted by Crippen LogP contribution is 2.35. The summed E-state index contributed by atoms with van der Waals surface area (Å²) in [5.41, 5.74) is 0.809. The molecule has 0 aliphatic heterocycles. The molecule has 0 aromatic heterocycles. The molecule has 3 unspecified atom stereocenters. The van der Waals surface area contributed by atoms with E-state index < -0.39 is 0 Å². The zero-order chi connectivity index (χ0) is 14.0. The zero-order valence-corrected chi connectivity index (χ0v) is 12.0. The summed E-state index contributed by atoms with van der Waals surface area (Å²) in [6, 6.07) is 7.14. The van der Waals surface area contributed by atoms with E-state index in [1.54, 1.807) is 17.0 Å². The Morgan fingerprint density at radius 2 is 2.05 bits per heavy atom. The second-order valence-electron chi connectivity index (χ2n) is 5.70. The van der Waals surface area contributed by atoms with Crippen molar-refractivity contribution >= 4 is 5.91 Å². The molecule has 3 nitrogen and oxygen atoms in total. The molecule has 19 heavy (non-hydrogen) atoms. The fourth-order valence-electron chi connectivity index (χ4n) is 3.01. The summed E-state index contributed by atoms with van der Waals surface area (Å²) in [4.78, 5) is 14.3. The van der Waals surface area contributed by atoms with E-state index in [2.05, 4.69) is 6.92 Å². The number of aromatic hydroxyl groups is 1. The van der Waals surface area contributed by atoms with Gasteiger partial charge in [0.05, 0.1) is 6.04 Å². The van der Waals surface area contributed by atoms with Crippen LogP contribution in [0.15, 0.2) is 24.3 Å². The van der Waals surface area contributed by atoms with Gasteiger partial charge in [-0.15, -0.1) is 0 Å². The van der Waals surface area contributed by atoms with Gasteiger partial charge in [0.2, 0.25) is 5.91 Å². The smallest absolute Gasteiger partial charge is 0.226 e. The third-order valence-electron chi connectivity index (χ3n) is 4.49. The third kappa shape index (κ3) is 2.75. The normalized spacial score (nSPS) is 24.2. The van der Waals surface area contributed by atoms with Crippen LogP contribution >= 0.6 is 0 Å². The highest BCUT2D eigenvalue weighted by molar-refractivity contribution is 5.79. The van der Waals surface area contributed by atoms with Crippen LogP contribution in [0.25, 0.3) is 0 Å². The standard InChI is InChI=1S/C16H23NO2/c1-11-7-6-9-13(11)16(19)17(3)12(2)14-8-4-5-10-15(14)18/h4-5,8,10-13,18H,6-7,9H2,1-3H3. The van der Waals surface area contributed by atoms with Crippen LogP contribution in [0.4, 0.5) is 0 Å². The molecular weight excluding hydrogens is 238 g/mol. The van der Waals surface area contributed by atoms with Crippen LogP contribution in [0, 0.1) is 11.8 Å². The molecule has 104 valence electrons. The fourth-order valence-corrected chi connectivity index (χ4v) is 3.01. The van der Waals surface area contributed by atoms with Gasteiger partial charge in [0.25, 0.3) is 0 Å². The zero-order valence-electron chi connectivity index (χ0n) is 12.0. The maximum Gasteiger partial charge on any atom is 0.226 e. The minimum Gasteiger partial charge on any atom is -0.508 e. The van der Waals surface area contributed by atoms with Gasteiger partial charge in [-0.3, -0.25) is 4.79 Å². The van der Waals surface area contributed by atoms with Gasteiger partial charge in [0, 0.05) is 18.5 Å². The van der Waals surface area contributed by atoms with Gasteiger partial charge in [-0.05, 0) is 31.7 Å². The molecule has 1 aliphatic rings. The average molecular weight is 261 g/mol. The Bertz CT molecular complexity index is 458. The van der Waals surface area contributed by atoms with E-state index >= 15 is 0 Å². The summed E-state index contributed by atoms with van der Waals surface area (Å²) in [6.07, 6.45) is 3.30. The van der Waals surface area contributed by atoms with E-state index in [1.807, 2.05) is 26.1 Å². The van der Waals surface area contributed by atoms with Crippen LogP contribution in [0.1, 0.15) is 44.7 Å². The molecular formula is C16H23NO2. The molecule has 0 heterocycles. The molecule has 1 aliphatic carbocycles. The van der Waals surface area contributed by atoms with Crippen LogP contribution in [-0.4, -0.2) is 23.0 Å². The van der Waals surface area contributed by atoms with Gasteiger partial charge >= 0.3 is 0 Å². The predicted octanol–water partition coefficient (Wildman–Crippen LogP) is 3.35. The van der Waals surface area contributed by atoms with Gasteiger partial charge in [-0.2, -0.15) is 0 Å². The predicted molar refractivity (Wildman–Crippen MR) is 75.8 cm³/mol. The average Bonchev–Trinajstić information content (AvgIpc) is 2.83. The molecule has 0 bridgehead atoms. The first-order valence-electron chi connectivity index (χ1n) is 7.07. The van der Waals surface area contributed by atoms with E-state index in [0.717, 1.165) is 24.8 Å². The summed E-state index contributed by atoms with van der Waals surface area (Å²) < 4.78 is 0.